The van der Waals surface area contributed by atoms with E-state index in [0.717, 1.165) is 53.9 Å². The number of anilines is 1. The van der Waals surface area contributed by atoms with Crippen molar-refractivity contribution in [3.05, 3.63) is 41.3 Å². The predicted octanol–water partition coefficient (Wildman–Crippen LogP) is 4.84. The van der Waals surface area contributed by atoms with E-state index in [1.54, 1.807) is 17.9 Å². The van der Waals surface area contributed by atoms with Crippen molar-refractivity contribution in [2.45, 2.75) is 63.7 Å². The minimum absolute atomic E-state index is 0.117. The molecule has 0 radical (unpaired) electrons. The smallest absolute Gasteiger partial charge is 0.348 e. The minimum atomic E-state index is -3.61. The number of piperazine rings is 1. The average molecular weight is 505 g/mol. The Kier molecular flexibility index (Phi) is 7.45. The largest absolute Gasteiger partial charge is 0.477 e. The van der Waals surface area contributed by atoms with Gasteiger partial charge in [-0.25, -0.2) is 13.2 Å². The number of aromatic carboxylic acids is 1. The summed E-state index contributed by atoms with van der Waals surface area (Å²) in [6.07, 6.45) is 5.48. The Morgan fingerprint density at radius 2 is 1.85 bits per heavy atom. The maximum atomic E-state index is 13.6. The highest BCUT2D eigenvalue weighted by Crippen LogP contribution is 2.41. The van der Waals surface area contributed by atoms with Crippen LogP contribution in [0.25, 0.3) is 10.4 Å². The second kappa shape index (κ2) is 10.2. The van der Waals surface area contributed by atoms with E-state index in [4.69, 9.17) is 0 Å². The molecule has 1 aromatic carbocycles. The van der Waals surface area contributed by atoms with E-state index in [1.807, 2.05) is 37.3 Å². The van der Waals surface area contributed by atoms with E-state index in [-0.39, 0.29) is 35.8 Å². The summed E-state index contributed by atoms with van der Waals surface area (Å²) in [5.74, 6) is -1.30. The average Bonchev–Trinajstić information content (AvgIpc) is 3.29. The zero-order valence-corrected chi connectivity index (χ0v) is 21.3. The summed E-state index contributed by atoms with van der Waals surface area (Å²) in [7, 11) is -3.61. The highest BCUT2D eigenvalue weighted by atomic mass is 32.2. The molecule has 1 aromatic heterocycles. The number of rotatable bonds is 7. The van der Waals surface area contributed by atoms with Gasteiger partial charge in [0.05, 0.1) is 23.5 Å². The van der Waals surface area contributed by atoms with E-state index in [1.165, 1.54) is 4.31 Å². The van der Waals surface area contributed by atoms with E-state index in [2.05, 4.69) is 0 Å². The van der Waals surface area contributed by atoms with Crippen LogP contribution in [0.1, 0.15) is 62.0 Å². The Labute approximate surface area is 205 Å². The fraction of sp³-hybridized carbons (Fsp3) is 0.520. The second-order valence-electron chi connectivity index (χ2n) is 9.28. The number of thiophene rings is 1. The molecular formula is C25H32N2O5S2. The third kappa shape index (κ3) is 4.78. The van der Waals surface area contributed by atoms with Crippen LogP contribution in [0.2, 0.25) is 0 Å². The number of carboxylic acids is 1. The minimum Gasteiger partial charge on any atom is -0.477 e. The number of carboxylic acid groups (broad SMARTS) is 1. The van der Waals surface area contributed by atoms with Crippen molar-refractivity contribution in [2.75, 3.05) is 18.0 Å². The zero-order valence-electron chi connectivity index (χ0n) is 19.6. The van der Waals surface area contributed by atoms with Gasteiger partial charge in [-0.2, -0.15) is 4.31 Å². The molecule has 1 amide bonds. The number of carbonyl (C=O) groups excluding carboxylic acids is 1. The number of benzene rings is 1. The van der Waals surface area contributed by atoms with Crippen molar-refractivity contribution in [1.82, 2.24) is 4.31 Å². The van der Waals surface area contributed by atoms with Gasteiger partial charge in [0.25, 0.3) is 0 Å². The first-order valence-electron chi connectivity index (χ1n) is 12.0. The van der Waals surface area contributed by atoms with Gasteiger partial charge in [-0.3, -0.25) is 4.79 Å². The molecule has 1 saturated heterocycles. The first-order valence-corrected chi connectivity index (χ1v) is 14.3. The fourth-order valence-electron chi connectivity index (χ4n) is 5.08. The highest BCUT2D eigenvalue weighted by molar-refractivity contribution is 7.89. The molecule has 2 aromatic rings. The molecule has 2 atom stereocenters. The Morgan fingerprint density at radius 3 is 2.47 bits per heavy atom. The molecule has 2 fully saturated rings. The van der Waals surface area contributed by atoms with Crippen LogP contribution in [0.5, 0.6) is 0 Å². The van der Waals surface area contributed by atoms with Crippen LogP contribution in [0, 0.1) is 5.92 Å². The van der Waals surface area contributed by atoms with Crippen LogP contribution in [0.3, 0.4) is 0 Å². The van der Waals surface area contributed by atoms with Gasteiger partial charge in [0, 0.05) is 11.4 Å². The third-order valence-electron chi connectivity index (χ3n) is 7.16. The summed E-state index contributed by atoms with van der Waals surface area (Å²) in [5.41, 5.74) is 1.28. The number of hydrogen-bond acceptors (Lipinski definition) is 5. The molecule has 9 heteroatoms. The summed E-state index contributed by atoms with van der Waals surface area (Å²) in [6.45, 7) is 3.45. The lowest BCUT2D eigenvalue weighted by Gasteiger charge is -2.45. The number of carbonyl (C=O) groups is 2. The predicted molar refractivity (Wildman–Crippen MR) is 135 cm³/mol. The molecule has 1 aliphatic carbocycles. The maximum absolute atomic E-state index is 13.6. The second-order valence-corrected chi connectivity index (χ2v) is 12.7. The Hall–Kier alpha value is -2.23. The maximum Gasteiger partial charge on any atom is 0.348 e. The van der Waals surface area contributed by atoms with Gasteiger partial charge in [-0.15, -0.1) is 11.3 Å². The van der Waals surface area contributed by atoms with Crippen molar-refractivity contribution in [1.29, 1.82) is 0 Å². The Bertz CT molecular complexity index is 1140. The number of amides is 1. The molecule has 1 aliphatic heterocycles. The first-order chi connectivity index (χ1) is 16.2. The lowest BCUT2D eigenvalue weighted by Crippen LogP contribution is -2.61. The van der Waals surface area contributed by atoms with Crippen LogP contribution < -0.4 is 4.90 Å². The van der Waals surface area contributed by atoms with Gasteiger partial charge < -0.3 is 10.0 Å². The van der Waals surface area contributed by atoms with E-state index < -0.39 is 21.2 Å². The first kappa shape index (κ1) is 24.9. The summed E-state index contributed by atoms with van der Waals surface area (Å²) >= 11 is 1.15. The molecule has 0 bridgehead atoms. The van der Waals surface area contributed by atoms with Crippen LogP contribution in [-0.2, 0) is 14.8 Å². The summed E-state index contributed by atoms with van der Waals surface area (Å²) < 4.78 is 27.7. The molecule has 2 heterocycles. The van der Waals surface area contributed by atoms with Gasteiger partial charge in [0.2, 0.25) is 15.9 Å². The van der Waals surface area contributed by atoms with Crippen molar-refractivity contribution in [2.24, 2.45) is 5.92 Å². The standard InChI is InChI=1S/C25H32N2O5S2/c1-3-17(2)34(31,32)26-15-21(18-10-6-4-7-11-18)27(23(28)16-26)20-14-22(33-24(20)25(29)30)19-12-8-5-9-13-19/h5,8-9,12-14,17-18,21H,3-4,6-7,10-11,15-16H2,1-2H3,(H,29,30). The third-order valence-corrected chi connectivity index (χ3v) is 10.7. The molecule has 34 heavy (non-hydrogen) atoms. The van der Waals surface area contributed by atoms with Gasteiger partial charge in [0.15, 0.2) is 0 Å². The molecule has 2 aliphatic rings. The molecule has 7 nitrogen and oxygen atoms in total. The normalized spacial score (nSPS) is 21.5. The number of sulfonamides is 1. The van der Waals surface area contributed by atoms with Crippen LogP contribution >= 0.6 is 11.3 Å². The van der Waals surface area contributed by atoms with Crippen molar-refractivity contribution >= 4 is 38.9 Å². The molecule has 1 saturated carbocycles. The Morgan fingerprint density at radius 1 is 1.18 bits per heavy atom. The quantitative estimate of drug-likeness (QED) is 0.582. The van der Waals surface area contributed by atoms with Crippen LogP contribution in [-0.4, -0.2) is 54.1 Å². The van der Waals surface area contributed by atoms with E-state index in [0.29, 0.717) is 12.1 Å². The molecule has 184 valence electrons. The van der Waals surface area contributed by atoms with Crippen molar-refractivity contribution < 1.29 is 23.1 Å². The number of nitrogens with zero attached hydrogens (tertiary/aromatic N) is 2. The SMILES string of the molecule is CCC(C)S(=O)(=O)N1CC(=O)N(c2cc(-c3ccccc3)sc2C(=O)O)C(C2CCCCC2)C1. The fourth-order valence-corrected chi connectivity index (χ4v) is 7.65. The molecular weight excluding hydrogens is 472 g/mol. The molecule has 4 rings (SSSR count). The number of hydrogen-bond donors (Lipinski definition) is 1. The van der Waals surface area contributed by atoms with Crippen LogP contribution in [0.4, 0.5) is 5.69 Å². The van der Waals surface area contributed by atoms with Crippen molar-refractivity contribution in [3.63, 3.8) is 0 Å². The summed E-state index contributed by atoms with van der Waals surface area (Å²) in [4.78, 5) is 28.3. The van der Waals surface area contributed by atoms with Gasteiger partial charge in [-0.05, 0) is 43.7 Å². The van der Waals surface area contributed by atoms with Crippen LogP contribution in [0.15, 0.2) is 36.4 Å². The Balaban J connectivity index is 1.77. The molecule has 2 unspecified atom stereocenters. The van der Waals surface area contributed by atoms with Crippen molar-refractivity contribution in [3.8, 4) is 10.4 Å². The van der Waals surface area contributed by atoms with Gasteiger partial charge in [-0.1, -0.05) is 56.5 Å². The van der Waals surface area contributed by atoms with Gasteiger partial charge >= 0.3 is 5.97 Å². The van der Waals surface area contributed by atoms with E-state index in [9.17, 15) is 23.1 Å². The monoisotopic (exact) mass is 504 g/mol. The summed E-state index contributed by atoms with van der Waals surface area (Å²) in [6, 6.07) is 10.9. The molecule has 1 N–H and O–H groups in total. The van der Waals surface area contributed by atoms with Gasteiger partial charge in [0.1, 0.15) is 4.88 Å². The topological polar surface area (TPSA) is 95.0 Å². The highest BCUT2D eigenvalue weighted by Gasteiger charge is 2.44. The van der Waals surface area contributed by atoms with E-state index >= 15 is 0 Å². The molecule has 0 spiro atoms. The lowest BCUT2D eigenvalue weighted by atomic mass is 9.82. The zero-order chi connectivity index (χ0) is 24.5. The lowest BCUT2D eigenvalue weighted by molar-refractivity contribution is -0.121. The summed E-state index contributed by atoms with van der Waals surface area (Å²) in [5, 5.41) is 9.42.